The molecule has 0 atom stereocenters. The average molecular weight is 290 g/mol. The third kappa shape index (κ3) is 3.33. The molecule has 2 heterocycles. The van der Waals surface area contributed by atoms with E-state index in [0.717, 1.165) is 4.88 Å². The van der Waals surface area contributed by atoms with Gasteiger partial charge in [0.2, 0.25) is 0 Å². The lowest BCUT2D eigenvalue weighted by Crippen LogP contribution is -2.11. The fourth-order valence-electron chi connectivity index (χ4n) is 1.50. The summed E-state index contributed by atoms with van der Waals surface area (Å²) in [5, 5.41) is 3.13. The Kier molecular flexibility index (Phi) is 4.31. The summed E-state index contributed by atoms with van der Waals surface area (Å²) in [5.74, 6) is 0.0608. The summed E-state index contributed by atoms with van der Waals surface area (Å²) in [6.07, 6.45) is 1.39. The maximum absolute atomic E-state index is 11.3. The summed E-state index contributed by atoms with van der Waals surface area (Å²) in [6, 6.07) is 5.24. The van der Waals surface area contributed by atoms with Crippen LogP contribution in [0, 0.1) is 0 Å². The van der Waals surface area contributed by atoms with Crippen LogP contribution < -0.4 is 11.1 Å². The van der Waals surface area contributed by atoms with Gasteiger partial charge in [-0.15, -0.1) is 11.3 Å². The van der Waals surface area contributed by atoms with E-state index in [1.807, 2.05) is 6.07 Å². The van der Waals surface area contributed by atoms with Gasteiger partial charge in [-0.05, 0) is 12.1 Å². The van der Waals surface area contributed by atoms with Crippen LogP contribution in [0.25, 0.3) is 5.70 Å². The molecule has 7 heteroatoms. The Bertz CT molecular complexity index is 639. The number of ether oxygens (including phenoxy) is 1. The number of methoxy groups -OCH3 is 1. The molecule has 0 saturated heterocycles. The van der Waals surface area contributed by atoms with Gasteiger partial charge in [0, 0.05) is 17.5 Å². The zero-order chi connectivity index (χ0) is 14.5. The molecule has 0 unspecified atom stereocenters. The van der Waals surface area contributed by atoms with Gasteiger partial charge in [-0.25, -0.2) is 14.8 Å². The SMILES string of the molecule is C=C(NCc1ccc(C(=O)OC)s1)c1cc(N)ncn1. The van der Waals surface area contributed by atoms with E-state index in [-0.39, 0.29) is 5.97 Å². The minimum atomic E-state index is -0.330. The molecular formula is C13H14N4O2S. The monoisotopic (exact) mass is 290 g/mol. The number of anilines is 1. The van der Waals surface area contributed by atoms with Crippen LogP contribution in [0.1, 0.15) is 20.2 Å². The first kappa shape index (κ1) is 14.0. The smallest absolute Gasteiger partial charge is 0.348 e. The summed E-state index contributed by atoms with van der Waals surface area (Å²) in [4.78, 5) is 20.8. The van der Waals surface area contributed by atoms with Crippen molar-refractivity contribution in [3.05, 3.63) is 46.6 Å². The largest absolute Gasteiger partial charge is 0.465 e. The standard InChI is InChI=1S/C13H14N4O2S/c1-8(10-5-12(14)17-7-16-10)15-6-9-3-4-11(20-9)13(18)19-2/h3-5,7,15H,1,6H2,2H3,(H2,14,16,17). The maximum atomic E-state index is 11.3. The number of esters is 1. The molecule has 2 aromatic heterocycles. The molecule has 0 aromatic carbocycles. The third-order valence-corrected chi connectivity index (χ3v) is 3.59. The molecule has 0 saturated carbocycles. The lowest BCUT2D eigenvalue weighted by molar-refractivity contribution is 0.0606. The Morgan fingerprint density at radius 2 is 2.30 bits per heavy atom. The number of nitrogens with two attached hydrogens (primary N) is 1. The van der Waals surface area contributed by atoms with Gasteiger partial charge >= 0.3 is 5.97 Å². The van der Waals surface area contributed by atoms with Gasteiger partial charge in [-0.3, -0.25) is 0 Å². The molecule has 0 fully saturated rings. The summed E-state index contributed by atoms with van der Waals surface area (Å²) < 4.78 is 4.66. The van der Waals surface area contributed by atoms with Crippen LogP contribution in [0.15, 0.2) is 31.1 Å². The van der Waals surface area contributed by atoms with Gasteiger partial charge in [0.25, 0.3) is 0 Å². The first-order valence-corrected chi connectivity index (χ1v) is 6.59. The van der Waals surface area contributed by atoms with Gasteiger partial charge in [-0.2, -0.15) is 0 Å². The highest BCUT2D eigenvalue weighted by Crippen LogP contribution is 2.18. The third-order valence-electron chi connectivity index (χ3n) is 2.52. The second kappa shape index (κ2) is 6.16. The number of hydrogen-bond acceptors (Lipinski definition) is 7. The molecular weight excluding hydrogens is 276 g/mol. The summed E-state index contributed by atoms with van der Waals surface area (Å²) >= 11 is 1.37. The minimum absolute atomic E-state index is 0.330. The summed E-state index contributed by atoms with van der Waals surface area (Å²) in [7, 11) is 1.36. The van der Waals surface area contributed by atoms with E-state index in [0.29, 0.717) is 28.6 Å². The number of thiophene rings is 1. The van der Waals surface area contributed by atoms with Crippen molar-refractivity contribution in [3.63, 3.8) is 0 Å². The number of nitrogens with zero attached hydrogens (tertiary/aromatic N) is 2. The van der Waals surface area contributed by atoms with E-state index in [2.05, 4.69) is 26.6 Å². The predicted molar refractivity (Wildman–Crippen MR) is 78.0 cm³/mol. The molecule has 0 aliphatic rings. The molecule has 6 nitrogen and oxygen atoms in total. The van der Waals surface area contributed by atoms with Crippen molar-refractivity contribution in [2.24, 2.45) is 0 Å². The number of aromatic nitrogens is 2. The molecule has 104 valence electrons. The molecule has 0 spiro atoms. The predicted octanol–water partition coefficient (Wildman–Crippen LogP) is 1.67. The second-order valence-corrected chi connectivity index (χ2v) is 5.09. The number of carbonyl (C=O) groups excluding carboxylic acids is 1. The second-order valence-electron chi connectivity index (χ2n) is 3.92. The lowest BCUT2D eigenvalue weighted by atomic mass is 10.3. The Balaban J connectivity index is 1.97. The zero-order valence-electron chi connectivity index (χ0n) is 10.9. The molecule has 3 N–H and O–H groups in total. The maximum Gasteiger partial charge on any atom is 0.348 e. The molecule has 2 aromatic rings. The highest BCUT2D eigenvalue weighted by atomic mass is 32.1. The lowest BCUT2D eigenvalue weighted by Gasteiger charge is -2.07. The van der Waals surface area contributed by atoms with Crippen molar-refractivity contribution >= 4 is 28.8 Å². The first-order chi connectivity index (χ1) is 9.60. The highest BCUT2D eigenvalue weighted by molar-refractivity contribution is 7.13. The van der Waals surface area contributed by atoms with Gasteiger partial charge in [0.15, 0.2) is 0 Å². The normalized spacial score (nSPS) is 10.1. The van der Waals surface area contributed by atoms with Crippen molar-refractivity contribution in [2.45, 2.75) is 6.54 Å². The molecule has 0 aliphatic heterocycles. The number of carbonyl (C=O) groups is 1. The van der Waals surface area contributed by atoms with E-state index in [1.165, 1.54) is 24.8 Å². The van der Waals surface area contributed by atoms with E-state index in [9.17, 15) is 4.79 Å². The van der Waals surface area contributed by atoms with Crippen molar-refractivity contribution in [1.29, 1.82) is 0 Å². The van der Waals surface area contributed by atoms with Crippen LogP contribution in [-0.2, 0) is 11.3 Å². The average Bonchev–Trinajstić information content (AvgIpc) is 2.92. The molecule has 2 rings (SSSR count). The van der Waals surface area contributed by atoms with Crippen molar-refractivity contribution < 1.29 is 9.53 Å². The Morgan fingerprint density at radius 1 is 1.50 bits per heavy atom. The highest BCUT2D eigenvalue weighted by Gasteiger charge is 2.09. The molecule has 0 bridgehead atoms. The van der Waals surface area contributed by atoms with Crippen molar-refractivity contribution in [3.8, 4) is 0 Å². The van der Waals surface area contributed by atoms with Crippen LogP contribution >= 0.6 is 11.3 Å². The Labute approximate surface area is 120 Å². The van der Waals surface area contributed by atoms with Crippen LogP contribution in [0.3, 0.4) is 0 Å². The van der Waals surface area contributed by atoms with Gasteiger partial charge in [0.1, 0.15) is 17.0 Å². The van der Waals surface area contributed by atoms with Crippen LogP contribution in [0.4, 0.5) is 5.82 Å². The fourth-order valence-corrected chi connectivity index (χ4v) is 2.37. The number of nitrogens with one attached hydrogen (secondary N) is 1. The van der Waals surface area contributed by atoms with Crippen molar-refractivity contribution in [2.75, 3.05) is 12.8 Å². The fraction of sp³-hybridized carbons (Fsp3) is 0.154. The van der Waals surface area contributed by atoms with Gasteiger partial charge < -0.3 is 15.8 Å². The van der Waals surface area contributed by atoms with E-state index >= 15 is 0 Å². The van der Waals surface area contributed by atoms with Crippen LogP contribution in [0.2, 0.25) is 0 Å². The molecule has 20 heavy (non-hydrogen) atoms. The van der Waals surface area contributed by atoms with Crippen LogP contribution in [-0.4, -0.2) is 23.0 Å². The summed E-state index contributed by atoms with van der Waals surface area (Å²) in [6.45, 7) is 4.44. The van der Waals surface area contributed by atoms with Crippen molar-refractivity contribution in [1.82, 2.24) is 15.3 Å². The van der Waals surface area contributed by atoms with E-state index < -0.39 is 0 Å². The number of rotatable bonds is 5. The number of hydrogen-bond donors (Lipinski definition) is 2. The Morgan fingerprint density at radius 3 is 3.00 bits per heavy atom. The van der Waals surface area contributed by atoms with Gasteiger partial charge in [0.05, 0.1) is 18.5 Å². The molecule has 0 aliphatic carbocycles. The van der Waals surface area contributed by atoms with Gasteiger partial charge in [-0.1, -0.05) is 6.58 Å². The summed E-state index contributed by atoms with van der Waals surface area (Å²) in [5.41, 5.74) is 6.87. The van der Waals surface area contributed by atoms with Crippen LogP contribution in [0.5, 0.6) is 0 Å². The zero-order valence-corrected chi connectivity index (χ0v) is 11.7. The number of nitrogen functional groups attached to an aromatic ring is 1. The molecule has 0 amide bonds. The quantitative estimate of drug-likeness (QED) is 0.814. The topological polar surface area (TPSA) is 90.1 Å². The van der Waals surface area contributed by atoms with E-state index in [1.54, 1.807) is 12.1 Å². The molecule has 0 radical (unpaired) electrons. The van der Waals surface area contributed by atoms with E-state index in [4.69, 9.17) is 5.73 Å². The first-order valence-electron chi connectivity index (χ1n) is 5.78. The Hall–Kier alpha value is -2.41. The minimum Gasteiger partial charge on any atom is -0.465 e.